The summed E-state index contributed by atoms with van der Waals surface area (Å²) in [4.78, 5) is 0.801. The Morgan fingerprint density at radius 1 is 0.640 bits per heavy atom. The third-order valence-corrected chi connectivity index (χ3v) is 4.95. The molecule has 0 aliphatic heterocycles. The molecule has 0 fully saturated rings. The van der Waals surface area contributed by atoms with Gasteiger partial charge in [-0.3, -0.25) is 0 Å². The minimum atomic E-state index is -1.21. The molecule has 2 N–H and O–H groups in total. The van der Waals surface area contributed by atoms with Crippen molar-refractivity contribution >= 4 is 11.0 Å². The van der Waals surface area contributed by atoms with Gasteiger partial charge in [0.15, 0.2) is 0 Å². The summed E-state index contributed by atoms with van der Waals surface area (Å²) in [6.07, 6.45) is 0. The fourth-order valence-corrected chi connectivity index (χ4v) is 3.47. The summed E-state index contributed by atoms with van der Waals surface area (Å²) in [5, 5.41) is 3.42. The molecule has 0 bridgehead atoms. The topological polar surface area (TPSA) is 41.1 Å². The van der Waals surface area contributed by atoms with E-state index < -0.39 is 11.0 Å². The van der Waals surface area contributed by atoms with Gasteiger partial charge in [-0.15, -0.1) is 0 Å². The minimum absolute atomic E-state index is 0.587. The average Bonchev–Trinajstić information content (AvgIpc) is 2.68. The van der Waals surface area contributed by atoms with E-state index in [4.69, 9.17) is 0 Å². The SMILES string of the molecule is O=S(NCc1ccccc1)c1cccc(CNCc2ccccc2)c1. The quantitative estimate of drug-likeness (QED) is 0.649. The van der Waals surface area contributed by atoms with Crippen molar-refractivity contribution in [2.45, 2.75) is 24.5 Å². The van der Waals surface area contributed by atoms with E-state index in [-0.39, 0.29) is 0 Å². The Balaban J connectivity index is 1.52. The molecule has 3 nitrogen and oxygen atoms in total. The van der Waals surface area contributed by atoms with Crippen LogP contribution in [0.15, 0.2) is 89.8 Å². The first kappa shape index (κ1) is 17.5. The molecule has 4 heteroatoms. The number of rotatable bonds is 8. The highest BCUT2D eigenvalue weighted by molar-refractivity contribution is 7.83. The summed E-state index contributed by atoms with van der Waals surface area (Å²) in [7, 11) is -1.21. The van der Waals surface area contributed by atoms with Gasteiger partial charge in [-0.05, 0) is 28.8 Å². The van der Waals surface area contributed by atoms with Crippen LogP contribution in [0.25, 0.3) is 0 Å². The van der Waals surface area contributed by atoms with Gasteiger partial charge in [-0.2, -0.15) is 0 Å². The molecule has 1 unspecified atom stereocenters. The van der Waals surface area contributed by atoms with Crippen LogP contribution in [0.4, 0.5) is 0 Å². The molecule has 0 saturated heterocycles. The molecule has 0 radical (unpaired) electrons. The van der Waals surface area contributed by atoms with Crippen molar-refractivity contribution in [3.8, 4) is 0 Å². The van der Waals surface area contributed by atoms with Gasteiger partial charge in [0.2, 0.25) is 0 Å². The average molecular weight is 350 g/mol. The Labute approximate surface area is 151 Å². The van der Waals surface area contributed by atoms with Gasteiger partial charge in [0.25, 0.3) is 0 Å². The summed E-state index contributed by atoms with van der Waals surface area (Å²) >= 11 is 0. The number of nitrogens with one attached hydrogen (secondary N) is 2. The maximum atomic E-state index is 12.4. The Kier molecular flexibility index (Phi) is 6.51. The second-order valence-electron chi connectivity index (χ2n) is 5.81. The lowest BCUT2D eigenvalue weighted by atomic mass is 10.2. The van der Waals surface area contributed by atoms with Crippen molar-refractivity contribution in [2.75, 3.05) is 0 Å². The van der Waals surface area contributed by atoms with E-state index in [1.807, 2.05) is 66.7 Å². The highest BCUT2D eigenvalue weighted by Crippen LogP contribution is 2.10. The van der Waals surface area contributed by atoms with Crippen LogP contribution in [0.2, 0.25) is 0 Å². The lowest BCUT2D eigenvalue weighted by molar-refractivity contribution is 0.670. The van der Waals surface area contributed by atoms with Gasteiger partial charge in [-0.25, -0.2) is 8.93 Å². The summed E-state index contributed by atoms with van der Waals surface area (Å²) in [6.45, 7) is 2.16. The summed E-state index contributed by atoms with van der Waals surface area (Å²) in [5.41, 5.74) is 3.51. The van der Waals surface area contributed by atoms with Crippen LogP contribution in [0.1, 0.15) is 16.7 Å². The number of hydrogen-bond acceptors (Lipinski definition) is 2. The Hall–Kier alpha value is -2.27. The van der Waals surface area contributed by atoms with Crippen molar-refractivity contribution in [3.05, 3.63) is 102 Å². The van der Waals surface area contributed by atoms with Gasteiger partial charge in [-0.1, -0.05) is 72.8 Å². The monoisotopic (exact) mass is 350 g/mol. The molecular weight excluding hydrogens is 328 g/mol. The first-order valence-electron chi connectivity index (χ1n) is 8.34. The van der Waals surface area contributed by atoms with Crippen LogP contribution in [-0.4, -0.2) is 4.21 Å². The molecule has 0 spiro atoms. The normalized spacial score (nSPS) is 12.0. The fraction of sp³-hybridized carbons (Fsp3) is 0.143. The van der Waals surface area contributed by atoms with E-state index in [0.29, 0.717) is 6.54 Å². The highest BCUT2D eigenvalue weighted by Gasteiger charge is 2.05. The van der Waals surface area contributed by atoms with E-state index in [1.54, 1.807) is 0 Å². The van der Waals surface area contributed by atoms with Crippen molar-refractivity contribution in [3.63, 3.8) is 0 Å². The summed E-state index contributed by atoms with van der Waals surface area (Å²) in [6, 6.07) is 28.2. The second kappa shape index (κ2) is 9.28. The van der Waals surface area contributed by atoms with Crippen LogP contribution in [0, 0.1) is 0 Å². The van der Waals surface area contributed by atoms with Crippen molar-refractivity contribution < 1.29 is 4.21 Å². The van der Waals surface area contributed by atoms with E-state index in [9.17, 15) is 4.21 Å². The largest absolute Gasteiger partial charge is 0.309 e. The molecule has 25 heavy (non-hydrogen) atoms. The van der Waals surface area contributed by atoms with Gasteiger partial charge < -0.3 is 5.32 Å². The highest BCUT2D eigenvalue weighted by atomic mass is 32.2. The molecular formula is C21H22N2OS. The van der Waals surface area contributed by atoms with E-state index in [0.717, 1.165) is 29.1 Å². The smallest absolute Gasteiger partial charge is 0.125 e. The van der Waals surface area contributed by atoms with Gasteiger partial charge in [0.1, 0.15) is 11.0 Å². The molecule has 3 aromatic rings. The lowest BCUT2D eigenvalue weighted by Crippen LogP contribution is -2.17. The molecule has 0 amide bonds. The molecule has 1 atom stereocenters. The van der Waals surface area contributed by atoms with E-state index in [1.165, 1.54) is 5.56 Å². The summed E-state index contributed by atoms with van der Waals surface area (Å²) in [5.74, 6) is 0. The van der Waals surface area contributed by atoms with Crippen LogP contribution >= 0.6 is 0 Å². The van der Waals surface area contributed by atoms with Gasteiger partial charge in [0.05, 0.1) is 4.90 Å². The predicted octanol–water partition coefficient (Wildman–Crippen LogP) is 3.79. The van der Waals surface area contributed by atoms with E-state index in [2.05, 4.69) is 28.2 Å². The molecule has 0 aromatic heterocycles. The van der Waals surface area contributed by atoms with Gasteiger partial charge >= 0.3 is 0 Å². The number of benzene rings is 3. The van der Waals surface area contributed by atoms with Crippen LogP contribution < -0.4 is 10.0 Å². The van der Waals surface area contributed by atoms with Crippen molar-refractivity contribution in [2.24, 2.45) is 0 Å². The predicted molar refractivity (Wildman–Crippen MR) is 103 cm³/mol. The first-order valence-corrected chi connectivity index (χ1v) is 9.49. The van der Waals surface area contributed by atoms with Crippen molar-refractivity contribution in [1.29, 1.82) is 0 Å². The van der Waals surface area contributed by atoms with Crippen LogP contribution in [0.3, 0.4) is 0 Å². The van der Waals surface area contributed by atoms with Crippen LogP contribution in [-0.2, 0) is 30.6 Å². The molecule has 0 aliphatic rings. The molecule has 0 saturated carbocycles. The maximum absolute atomic E-state index is 12.4. The first-order chi connectivity index (χ1) is 12.3. The lowest BCUT2D eigenvalue weighted by Gasteiger charge is -2.08. The van der Waals surface area contributed by atoms with Crippen LogP contribution in [0.5, 0.6) is 0 Å². The van der Waals surface area contributed by atoms with Gasteiger partial charge in [0, 0.05) is 19.6 Å². The standard InChI is InChI=1S/C21H22N2OS/c24-25(23-17-19-10-5-2-6-11-19)21-13-7-12-20(14-21)16-22-15-18-8-3-1-4-9-18/h1-14,22-23H,15-17H2. The minimum Gasteiger partial charge on any atom is -0.309 e. The third kappa shape index (κ3) is 5.64. The zero-order valence-electron chi connectivity index (χ0n) is 14.0. The van der Waals surface area contributed by atoms with E-state index >= 15 is 0 Å². The maximum Gasteiger partial charge on any atom is 0.125 e. The second-order valence-corrected chi connectivity index (χ2v) is 7.11. The zero-order chi connectivity index (χ0) is 17.3. The summed E-state index contributed by atoms with van der Waals surface area (Å²) < 4.78 is 15.5. The molecule has 0 aliphatic carbocycles. The molecule has 128 valence electrons. The molecule has 0 heterocycles. The molecule has 3 rings (SSSR count). The zero-order valence-corrected chi connectivity index (χ0v) is 14.8. The Morgan fingerprint density at radius 3 is 1.88 bits per heavy atom. The third-order valence-electron chi connectivity index (χ3n) is 3.86. The Bertz CT molecular complexity index is 806. The number of hydrogen-bond donors (Lipinski definition) is 2. The molecule has 3 aromatic carbocycles. The fourth-order valence-electron chi connectivity index (χ4n) is 2.55. The Morgan fingerprint density at radius 2 is 1.20 bits per heavy atom. The van der Waals surface area contributed by atoms with Crippen molar-refractivity contribution in [1.82, 2.24) is 10.0 Å².